The van der Waals surface area contributed by atoms with Gasteiger partial charge in [0.15, 0.2) is 0 Å². The van der Waals surface area contributed by atoms with Crippen LogP contribution in [0.2, 0.25) is 5.02 Å². The minimum Gasteiger partial charge on any atom is -0.373 e. The van der Waals surface area contributed by atoms with Gasteiger partial charge < -0.3 is 10.6 Å². The third-order valence-electron chi connectivity index (χ3n) is 5.48. The van der Waals surface area contributed by atoms with Crippen LogP contribution in [0.5, 0.6) is 0 Å². The zero-order chi connectivity index (χ0) is 25.2. The third kappa shape index (κ3) is 4.52. The van der Waals surface area contributed by atoms with Crippen molar-refractivity contribution >= 4 is 39.6 Å². The van der Waals surface area contributed by atoms with E-state index in [1.165, 1.54) is 30.6 Å². The van der Waals surface area contributed by atoms with Crippen LogP contribution in [-0.2, 0) is 0 Å². The molecule has 11 heteroatoms. The second kappa shape index (κ2) is 9.56. The number of fused-ring (bicyclic) bond motifs is 1. The van der Waals surface area contributed by atoms with Crippen molar-refractivity contribution in [1.29, 1.82) is 5.26 Å². The van der Waals surface area contributed by atoms with Crippen LogP contribution in [0.25, 0.3) is 10.9 Å². The molecule has 5 aromatic rings. The topological polar surface area (TPSA) is 102 Å². The molecule has 0 unspecified atom stereocenters. The number of halogens is 4. The van der Waals surface area contributed by atoms with E-state index in [1.54, 1.807) is 24.3 Å². The van der Waals surface area contributed by atoms with Gasteiger partial charge in [-0.05, 0) is 42.0 Å². The van der Waals surface area contributed by atoms with Crippen LogP contribution in [0.4, 0.5) is 30.2 Å². The number of H-pyrrole nitrogens is 1. The largest absolute Gasteiger partial charge is 0.373 e. The average molecular weight is 506 g/mol. The second-order valence-electron chi connectivity index (χ2n) is 7.79. The van der Waals surface area contributed by atoms with Gasteiger partial charge >= 0.3 is 0 Å². The lowest BCUT2D eigenvalue weighted by atomic mass is 10.0. The fourth-order valence-corrected chi connectivity index (χ4v) is 4.06. The summed E-state index contributed by atoms with van der Waals surface area (Å²) < 4.78 is 41.3. The lowest BCUT2D eigenvalue weighted by Crippen LogP contribution is -2.13. The highest BCUT2D eigenvalue weighted by Crippen LogP contribution is 2.37. The summed E-state index contributed by atoms with van der Waals surface area (Å²) in [6, 6.07) is 13.8. The Morgan fingerprint density at radius 1 is 0.972 bits per heavy atom. The van der Waals surface area contributed by atoms with Gasteiger partial charge in [-0.25, -0.2) is 13.2 Å². The molecular formula is C25H15ClF3N7. The number of nitrogens with zero attached hydrogens (tertiary/aromatic N) is 4. The molecule has 3 aromatic carbocycles. The molecule has 0 aliphatic carbocycles. The predicted octanol–water partition coefficient (Wildman–Crippen LogP) is 6.24. The van der Waals surface area contributed by atoms with Gasteiger partial charge in [-0.3, -0.25) is 4.98 Å². The molecule has 0 amide bonds. The molecule has 36 heavy (non-hydrogen) atoms. The predicted molar refractivity (Wildman–Crippen MR) is 129 cm³/mol. The monoisotopic (exact) mass is 505 g/mol. The van der Waals surface area contributed by atoms with Gasteiger partial charge in [-0.2, -0.15) is 20.7 Å². The molecule has 0 saturated heterocycles. The van der Waals surface area contributed by atoms with Crippen LogP contribution in [0.3, 0.4) is 0 Å². The van der Waals surface area contributed by atoms with E-state index in [1.807, 2.05) is 6.07 Å². The fourth-order valence-electron chi connectivity index (χ4n) is 3.79. The number of anilines is 3. The highest BCUT2D eigenvalue weighted by Gasteiger charge is 2.20. The Bertz CT molecular complexity index is 1600. The van der Waals surface area contributed by atoms with Crippen LogP contribution in [-0.4, -0.2) is 20.4 Å². The molecule has 7 nitrogen and oxygen atoms in total. The minimum absolute atomic E-state index is 0.0262. The van der Waals surface area contributed by atoms with Crippen molar-refractivity contribution in [1.82, 2.24) is 20.4 Å². The molecule has 2 heterocycles. The number of pyridine rings is 1. The molecule has 5 rings (SSSR count). The molecule has 0 bridgehead atoms. The maximum absolute atomic E-state index is 14.4. The summed E-state index contributed by atoms with van der Waals surface area (Å²) in [5, 5.41) is 27.1. The summed E-state index contributed by atoms with van der Waals surface area (Å²) in [7, 11) is 0. The summed E-state index contributed by atoms with van der Waals surface area (Å²) in [6.07, 6.45) is 2.85. The Balaban J connectivity index is 1.62. The highest BCUT2D eigenvalue weighted by atomic mass is 35.5. The Labute approximate surface area is 207 Å². The van der Waals surface area contributed by atoms with Gasteiger partial charge in [-0.15, -0.1) is 0 Å². The zero-order valence-corrected chi connectivity index (χ0v) is 19.0. The third-order valence-corrected chi connectivity index (χ3v) is 5.77. The first-order valence-corrected chi connectivity index (χ1v) is 10.9. The highest BCUT2D eigenvalue weighted by molar-refractivity contribution is 6.36. The van der Waals surface area contributed by atoms with E-state index in [2.05, 4.69) is 31.0 Å². The number of rotatable bonds is 6. The molecule has 0 saturated carbocycles. The Morgan fingerprint density at radius 3 is 2.44 bits per heavy atom. The van der Waals surface area contributed by atoms with E-state index >= 15 is 0 Å². The van der Waals surface area contributed by atoms with Crippen molar-refractivity contribution < 1.29 is 13.2 Å². The molecule has 1 atom stereocenters. The smallest absolute Gasteiger partial charge is 0.149 e. The van der Waals surface area contributed by atoms with Crippen LogP contribution in [0.1, 0.15) is 22.9 Å². The Kier molecular flexibility index (Phi) is 6.14. The Hall–Kier alpha value is -4.62. The molecule has 2 aromatic heterocycles. The number of nitriles is 1. The van der Waals surface area contributed by atoms with Crippen LogP contribution in [0, 0.1) is 28.8 Å². The first-order chi connectivity index (χ1) is 17.4. The minimum atomic E-state index is -0.827. The first kappa shape index (κ1) is 23.1. The van der Waals surface area contributed by atoms with Crippen molar-refractivity contribution in [3.05, 3.63) is 106 Å². The van der Waals surface area contributed by atoms with Crippen molar-refractivity contribution in [2.45, 2.75) is 6.04 Å². The van der Waals surface area contributed by atoms with Gasteiger partial charge in [0.2, 0.25) is 0 Å². The van der Waals surface area contributed by atoms with E-state index in [4.69, 9.17) is 11.6 Å². The summed E-state index contributed by atoms with van der Waals surface area (Å²) in [5.41, 5.74) is 2.48. The van der Waals surface area contributed by atoms with Crippen LogP contribution < -0.4 is 10.6 Å². The second-order valence-corrected chi connectivity index (χ2v) is 8.19. The van der Waals surface area contributed by atoms with Crippen molar-refractivity contribution in [3.8, 4) is 6.07 Å². The van der Waals surface area contributed by atoms with Crippen LogP contribution in [0.15, 0.2) is 67.0 Å². The van der Waals surface area contributed by atoms with E-state index < -0.39 is 17.7 Å². The van der Waals surface area contributed by atoms with E-state index in [-0.39, 0.29) is 27.8 Å². The lowest BCUT2D eigenvalue weighted by molar-refractivity contribution is 0.586. The molecule has 0 fully saturated rings. The summed E-state index contributed by atoms with van der Waals surface area (Å²) in [5.74, 6) is -1.94. The van der Waals surface area contributed by atoms with Gasteiger partial charge in [0.25, 0.3) is 0 Å². The fraction of sp³-hybridized carbons (Fsp3) is 0.0400. The van der Waals surface area contributed by atoms with Crippen molar-refractivity contribution in [2.75, 3.05) is 10.6 Å². The van der Waals surface area contributed by atoms with Gasteiger partial charge in [-0.1, -0.05) is 23.7 Å². The quantitative estimate of drug-likeness (QED) is 0.252. The lowest BCUT2D eigenvalue weighted by Gasteiger charge is -2.20. The molecule has 0 aliphatic rings. The first-order valence-electron chi connectivity index (χ1n) is 10.5. The Morgan fingerprint density at radius 2 is 1.75 bits per heavy atom. The van der Waals surface area contributed by atoms with Gasteiger partial charge in [0.05, 0.1) is 39.7 Å². The summed E-state index contributed by atoms with van der Waals surface area (Å²) >= 11 is 6.54. The molecular weight excluding hydrogens is 491 g/mol. The number of hydrogen-bond acceptors (Lipinski definition) is 6. The number of aromatic nitrogens is 4. The van der Waals surface area contributed by atoms with Crippen LogP contribution >= 0.6 is 11.6 Å². The molecule has 0 spiro atoms. The van der Waals surface area contributed by atoms with E-state index in [9.17, 15) is 18.4 Å². The van der Waals surface area contributed by atoms with Gasteiger partial charge in [0.1, 0.15) is 29.2 Å². The van der Waals surface area contributed by atoms with Crippen molar-refractivity contribution in [2.24, 2.45) is 0 Å². The number of benzene rings is 3. The number of aromatic amines is 1. The maximum Gasteiger partial charge on any atom is 0.149 e. The van der Waals surface area contributed by atoms with E-state index in [0.717, 1.165) is 12.1 Å². The molecule has 0 aliphatic heterocycles. The van der Waals surface area contributed by atoms with E-state index in [0.29, 0.717) is 27.8 Å². The summed E-state index contributed by atoms with van der Waals surface area (Å²) in [6.45, 7) is 0. The average Bonchev–Trinajstić information content (AvgIpc) is 3.40. The zero-order valence-electron chi connectivity index (χ0n) is 18.2. The molecule has 3 N–H and O–H groups in total. The standard InChI is InChI=1S/C25H15ClF3N7/c26-19-9-17(33-24(22-12-32-36-35-22)13-1-3-15(27)4-2-13)8-18-23(14(10-30)11-31-25(18)19)34-21-6-5-16(28)7-20(21)29/h1-9,11-12,24,33H,(H,31,34)(H,32,35,36)/t24-/m0/s1. The van der Waals surface area contributed by atoms with Crippen molar-refractivity contribution in [3.63, 3.8) is 0 Å². The summed E-state index contributed by atoms with van der Waals surface area (Å²) in [4.78, 5) is 4.28. The number of nitrogens with one attached hydrogen (secondary N) is 3. The molecule has 178 valence electrons. The number of hydrogen-bond donors (Lipinski definition) is 3. The maximum atomic E-state index is 14.4. The SMILES string of the molecule is N#Cc1cnc2c(Cl)cc(N[C@@H](c3ccc(F)cc3)c3cn[nH]n3)cc2c1Nc1ccc(F)cc1F. The van der Waals surface area contributed by atoms with Gasteiger partial charge in [0, 0.05) is 23.3 Å². The molecule has 0 radical (unpaired) electrons. The normalized spacial score (nSPS) is 11.8.